The van der Waals surface area contributed by atoms with Crippen molar-refractivity contribution < 1.29 is 9.53 Å². The Kier molecular flexibility index (Phi) is 6.65. The fraction of sp³-hybridized carbons (Fsp3) is 0.562. The molecular formula is C16H25ClN2O2. The molecule has 0 aromatic heterocycles. The van der Waals surface area contributed by atoms with Gasteiger partial charge in [-0.2, -0.15) is 0 Å². The molecule has 3 N–H and O–H groups in total. The smallest absolute Gasteiger partial charge is 0.229 e. The van der Waals surface area contributed by atoms with Crippen molar-refractivity contribution in [2.45, 2.75) is 44.8 Å². The van der Waals surface area contributed by atoms with Crippen LogP contribution in [0.3, 0.4) is 0 Å². The fourth-order valence-electron chi connectivity index (χ4n) is 2.92. The summed E-state index contributed by atoms with van der Waals surface area (Å²) in [6.07, 6.45) is 3.97. The zero-order chi connectivity index (χ0) is 14.6. The highest BCUT2D eigenvalue weighted by molar-refractivity contribution is 5.93. The molecule has 1 aliphatic rings. The molecule has 1 amide bonds. The maximum atomic E-state index is 12.4. The summed E-state index contributed by atoms with van der Waals surface area (Å²) in [5.74, 6) is -0.0772. The van der Waals surface area contributed by atoms with Gasteiger partial charge in [0, 0.05) is 18.3 Å². The molecule has 0 spiro atoms. The van der Waals surface area contributed by atoms with Gasteiger partial charge < -0.3 is 15.8 Å². The predicted molar refractivity (Wildman–Crippen MR) is 87.6 cm³/mol. The molecule has 0 heterocycles. The van der Waals surface area contributed by atoms with Gasteiger partial charge in [-0.25, -0.2) is 0 Å². The fourth-order valence-corrected chi connectivity index (χ4v) is 2.92. The second-order valence-corrected chi connectivity index (χ2v) is 5.93. The van der Waals surface area contributed by atoms with E-state index >= 15 is 0 Å². The minimum absolute atomic E-state index is 0. The SMILES string of the molecule is COCc1cccc(NC(=O)C2CCCCC2(C)N)c1.Cl. The van der Waals surface area contributed by atoms with Gasteiger partial charge in [-0.3, -0.25) is 4.79 Å². The van der Waals surface area contributed by atoms with Crippen molar-refractivity contribution in [1.82, 2.24) is 0 Å². The van der Waals surface area contributed by atoms with Gasteiger partial charge >= 0.3 is 0 Å². The van der Waals surface area contributed by atoms with Crippen LogP contribution in [0.15, 0.2) is 24.3 Å². The van der Waals surface area contributed by atoms with Crippen LogP contribution < -0.4 is 11.1 Å². The number of halogens is 1. The van der Waals surface area contributed by atoms with Crippen LogP contribution in [-0.4, -0.2) is 18.6 Å². The van der Waals surface area contributed by atoms with E-state index in [1.807, 2.05) is 31.2 Å². The third-order valence-electron chi connectivity index (χ3n) is 4.08. The van der Waals surface area contributed by atoms with Crippen LogP contribution in [0.2, 0.25) is 0 Å². The normalized spacial score (nSPS) is 25.0. The largest absolute Gasteiger partial charge is 0.380 e. The van der Waals surface area contributed by atoms with Crippen LogP contribution in [-0.2, 0) is 16.1 Å². The maximum absolute atomic E-state index is 12.4. The van der Waals surface area contributed by atoms with Crippen molar-refractivity contribution in [3.05, 3.63) is 29.8 Å². The summed E-state index contributed by atoms with van der Waals surface area (Å²) in [5.41, 5.74) is 7.73. The van der Waals surface area contributed by atoms with E-state index in [2.05, 4.69) is 5.32 Å². The third kappa shape index (κ3) is 4.70. The molecule has 0 radical (unpaired) electrons. The third-order valence-corrected chi connectivity index (χ3v) is 4.08. The zero-order valence-electron chi connectivity index (χ0n) is 12.7. The lowest BCUT2D eigenvalue weighted by atomic mass is 9.74. The molecule has 5 heteroatoms. The van der Waals surface area contributed by atoms with Gasteiger partial charge in [-0.1, -0.05) is 25.0 Å². The topological polar surface area (TPSA) is 64.3 Å². The molecule has 2 atom stereocenters. The van der Waals surface area contributed by atoms with E-state index in [4.69, 9.17) is 10.5 Å². The van der Waals surface area contributed by atoms with Crippen molar-refractivity contribution in [3.63, 3.8) is 0 Å². The first-order valence-electron chi connectivity index (χ1n) is 7.20. The van der Waals surface area contributed by atoms with Crippen molar-refractivity contribution in [2.24, 2.45) is 11.7 Å². The summed E-state index contributed by atoms with van der Waals surface area (Å²) < 4.78 is 5.10. The first-order chi connectivity index (χ1) is 9.53. The van der Waals surface area contributed by atoms with E-state index in [9.17, 15) is 4.79 Å². The molecule has 0 bridgehead atoms. The Hall–Kier alpha value is -1.10. The molecule has 1 saturated carbocycles. The number of anilines is 1. The summed E-state index contributed by atoms with van der Waals surface area (Å²) in [4.78, 5) is 12.4. The summed E-state index contributed by atoms with van der Waals surface area (Å²) in [5, 5.41) is 2.99. The number of carbonyl (C=O) groups excluding carboxylic acids is 1. The summed E-state index contributed by atoms with van der Waals surface area (Å²) in [6, 6.07) is 7.74. The second-order valence-electron chi connectivity index (χ2n) is 5.93. The molecule has 1 aromatic rings. The first-order valence-corrected chi connectivity index (χ1v) is 7.20. The number of carbonyl (C=O) groups is 1. The zero-order valence-corrected chi connectivity index (χ0v) is 13.5. The molecular weight excluding hydrogens is 288 g/mol. The average Bonchev–Trinajstić information content (AvgIpc) is 2.38. The molecule has 4 nitrogen and oxygen atoms in total. The molecule has 1 fully saturated rings. The highest BCUT2D eigenvalue weighted by Gasteiger charge is 2.37. The summed E-state index contributed by atoms with van der Waals surface area (Å²) >= 11 is 0. The van der Waals surface area contributed by atoms with Gasteiger partial charge in [-0.15, -0.1) is 12.4 Å². The number of hydrogen-bond donors (Lipinski definition) is 2. The van der Waals surface area contributed by atoms with E-state index < -0.39 is 5.54 Å². The lowest BCUT2D eigenvalue weighted by Crippen LogP contribution is -2.51. The number of nitrogens with one attached hydrogen (secondary N) is 1. The first kappa shape index (κ1) is 18.0. The van der Waals surface area contributed by atoms with Crippen molar-refractivity contribution in [3.8, 4) is 0 Å². The van der Waals surface area contributed by atoms with E-state index in [0.29, 0.717) is 6.61 Å². The van der Waals surface area contributed by atoms with E-state index in [1.165, 1.54) is 0 Å². The Morgan fingerprint density at radius 2 is 2.24 bits per heavy atom. The van der Waals surface area contributed by atoms with Crippen LogP contribution >= 0.6 is 12.4 Å². The molecule has 1 aliphatic carbocycles. The van der Waals surface area contributed by atoms with Crippen molar-refractivity contribution in [1.29, 1.82) is 0 Å². The lowest BCUT2D eigenvalue weighted by molar-refractivity contribution is -0.122. The number of methoxy groups -OCH3 is 1. The average molecular weight is 313 g/mol. The van der Waals surface area contributed by atoms with Crippen molar-refractivity contribution >= 4 is 24.0 Å². The highest BCUT2D eigenvalue weighted by atomic mass is 35.5. The standard InChI is InChI=1S/C16H24N2O2.ClH/c1-16(17)9-4-3-8-14(16)15(19)18-13-7-5-6-12(10-13)11-20-2;/h5-7,10,14H,3-4,8-9,11,17H2,1-2H3,(H,18,19);1H. The number of amides is 1. The Morgan fingerprint density at radius 1 is 1.48 bits per heavy atom. The van der Waals surface area contributed by atoms with Gasteiger partial charge in [0.25, 0.3) is 0 Å². The molecule has 118 valence electrons. The summed E-state index contributed by atoms with van der Waals surface area (Å²) in [7, 11) is 1.66. The van der Waals surface area contributed by atoms with Gasteiger partial charge in [0.2, 0.25) is 5.91 Å². The van der Waals surface area contributed by atoms with E-state index in [-0.39, 0.29) is 24.2 Å². The quantitative estimate of drug-likeness (QED) is 0.898. The van der Waals surface area contributed by atoms with E-state index in [0.717, 1.165) is 36.9 Å². The minimum Gasteiger partial charge on any atom is -0.380 e. The van der Waals surface area contributed by atoms with Gasteiger partial charge in [0.1, 0.15) is 0 Å². The number of rotatable bonds is 4. The number of ether oxygens (including phenoxy) is 1. The molecule has 2 unspecified atom stereocenters. The number of nitrogens with two attached hydrogens (primary N) is 1. The monoisotopic (exact) mass is 312 g/mol. The number of benzene rings is 1. The van der Waals surface area contributed by atoms with Crippen LogP contribution in [0.5, 0.6) is 0 Å². The van der Waals surface area contributed by atoms with Crippen LogP contribution in [0.25, 0.3) is 0 Å². The lowest BCUT2D eigenvalue weighted by Gasteiger charge is -2.37. The molecule has 0 aliphatic heterocycles. The molecule has 1 aromatic carbocycles. The van der Waals surface area contributed by atoms with E-state index in [1.54, 1.807) is 7.11 Å². The summed E-state index contributed by atoms with van der Waals surface area (Å²) in [6.45, 7) is 2.53. The van der Waals surface area contributed by atoms with Crippen LogP contribution in [0.4, 0.5) is 5.69 Å². The van der Waals surface area contributed by atoms with Crippen molar-refractivity contribution in [2.75, 3.05) is 12.4 Å². The van der Waals surface area contributed by atoms with Gasteiger partial charge in [0.05, 0.1) is 12.5 Å². The molecule has 21 heavy (non-hydrogen) atoms. The van der Waals surface area contributed by atoms with Gasteiger partial charge in [0.15, 0.2) is 0 Å². The number of hydrogen-bond acceptors (Lipinski definition) is 3. The molecule has 0 saturated heterocycles. The highest BCUT2D eigenvalue weighted by Crippen LogP contribution is 2.32. The maximum Gasteiger partial charge on any atom is 0.229 e. The Bertz CT molecular complexity index is 477. The van der Waals surface area contributed by atoms with Gasteiger partial charge in [-0.05, 0) is 37.5 Å². The Morgan fingerprint density at radius 3 is 2.90 bits per heavy atom. The Balaban J connectivity index is 0.00000220. The second kappa shape index (κ2) is 7.78. The molecule has 2 rings (SSSR count). The van der Waals surface area contributed by atoms with Crippen LogP contribution in [0, 0.1) is 5.92 Å². The predicted octanol–water partition coefficient (Wildman–Crippen LogP) is 3.10. The van der Waals surface area contributed by atoms with Crippen LogP contribution in [0.1, 0.15) is 38.2 Å². The Labute approximate surface area is 132 Å². The minimum atomic E-state index is -0.396.